The third-order valence-electron chi connectivity index (χ3n) is 5.02. The van der Waals surface area contributed by atoms with Crippen LogP contribution in [0.1, 0.15) is 36.6 Å². The van der Waals surface area contributed by atoms with Crippen molar-refractivity contribution in [1.29, 1.82) is 0 Å². The molecule has 2 heterocycles. The van der Waals surface area contributed by atoms with Crippen LogP contribution in [0.25, 0.3) is 10.9 Å². The molecule has 128 valence electrons. The minimum atomic E-state index is 0.0750. The second-order valence-corrected chi connectivity index (χ2v) is 7.13. The highest BCUT2D eigenvalue weighted by Crippen LogP contribution is 2.41. The Morgan fingerprint density at radius 2 is 2.00 bits per heavy atom. The number of phenols is 1. The molecule has 3 aromatic rings. The van der Waals surface area contributed by atoms with Crippen LogP contribution in [0.5, 0.6) is 5.75 Å². The maximum atomic E-state index is 10.7. The van der Waals surface area contributed by atoms with Gasteiger partial charge in [0.2, 0.25) is 0 Å². The van der Waals surface area contributed by atoms with Gasteiger partial charge in [-0.3, -0.25) is 4.90 Å². The monoisotopic (exact) mass is 332 g/mol. The minimum absolute atomic E-state index is 0.0750. The predicted octanol–water partition coefficient (Wildman–Crippen LogP) is 4.94. The van der Waals surface area contributed by atoms with Crippen LogP contribution >= 0.6 is 0 Å². The smallest absolute Gasteiger partial charge is 0.121 e. The molecule has 0 saturated carbocycles. The lowest BCUT2D eigenvalue weighted by Crippen LogP contribution is -2.28. The van der Waals surface area contributed by atoms with E-state index in [1.807, 2.05) is 12.1 Å². The average molecular weight is 332 g/mol. The summed E-state index contributed by atoms with van der Waals surface area (Å²) in [7, 11) is 0. The Balaban J connectivity index is 1.85. The number of aromatic amines is 1. The van der Waals surface area contributed by atoms with Crippen LogP contribution in [0.3, 0.4) is 0 Å². The number of aromatic nitrogens is 1. The predicted molar refractivity (Wildman–Crippen MR) is 103 cm³/mol. The summed E-state index contributed by atoms with van der Waals surface area (Å²) in [5.74, 6) is 0.385. The quantitative estimate of drug-likeness (QED) is 0.667. The lowest BCUT2D eigenvalue weighted by atomic mass is 9.97. The molecule has 0 spiro atoms. The molecule has 1 aromatic heterocycles. The normalized spacial score (nSPS) is 17.4. The SMILES string of the molecule is CC(C)=CC1c2c(O)ccc3[nH]cc(c23)CCN1Cc1ccccc1. The number of rotatable bonds is 3. The van der Waals surface area contributed by atoms with Crippen molar-refractivity contribution in [3.63, 3.8) is 0 Å². The molecule has 0 fully saturated rings. The maximum Gasteiger partial charge on any atom is 0.121 e. The zero-order chi connectivity index (χ0) is 17.4. The summed E-state index contributed by atoms with van der Waals surface area (Å²) in [5.41, 5.74) is 6.00. The fourth-order valence-corrected chi connectivity index (χ4v) is 3.89. The number of nitrogens with zero attached hydrogens (tertiary/aromatic N) is 1. The Bertz CT molecular complexity index is 920. The summed E-state index contributed by atoms with van der Waals surface area (Å²) in [6.07, 6.45) is 5.36. The molecule has 3 heteroatoms. The first-order chi connectivity index (χ1) is 12.1. The van der Waals surface area contributed by atoms with Gasteiger partial charge in [0.15, 0.2) is 0 Å². The van der Waals surface area contributed by atoms with Crippen LogP contribution in [-0.2, 0) is 13.0 Å². The average Bonchev–Trinajstić information content (AvgIpc) is 2.94. The molecule has 2 N–H and O–H groups in total. The topological polar surface area (TPSA) is 39.3 Å². The first kappa shape index (κ1) is 16.0. The highest BCUT2D eigenvalue weighted by atomic mass is 16.3. The van der Waals surface area contributed by atoms with Gasteiger partial charge in [-0.2, -0.15) is 0 Å². The number of phenolic OH excluding ortho intramolecular Hbond substituents is 1. The van der Waals surface area contributed by atoms with Crippen LogP contribution < -0.4 is 0 Å². The number of hydrogen-bond acceptors (Lipinski definition) is 2. The second-order valence-electron chi connectivity index (χ2n) is 7.13. The molecule has 3 nitrogen and oxygen atoms in total. The van der Waals surface area contributed by atoms with Crippen molar-refractivity contribution in [3.8, 4) is 5.75 Å². The van der Waals surface area contributed by atoms with Crippen molar-refractivity contribution in [2.24, 2.45) is 0 Å². The Morgan fingerprint density at radius 3 is 2.76 bits per heavy atom. The van der Waals surface area contributed by atoms with E-state index in [9.17, 15) is 5.11 Å². The third-order valence-corrected chi connectivity index (χ3v) is 5.02. The minimum Gasteiger partial charge on any atom is -0.508 e. The lowest BCUT2D eigenvalue weighted by molar-refractivity contribution is 0.225. The van der Waals surface area contributed by atoms with E-state index in [0.29, 0.717) is 5.75 Å². The van der Waals surface area contributed by atoms with Crippen molar-refractivity contribution >= 4 is 10.9 Å². The molecular weight excluding hydrogens is 308 g/mol. The largest absolute Gasteiger partial charge is 0.508 e. The first-order valence-corrected chi connectivity index (χ1v) is 8.88. The summed E-state index contributed by atoms with van der Waals surface area (Å²) in [6.45, 7) is 6.09. The van der Waals surface area contributed by atoms with Crippen LogP contribution in [0, 0.1) is 0 Å². The first-order valence-electron chi connectivity index (χ1n) is 8.88. The standard InChI is InChI=1S/C22H24N2O/c1-15(2)12-19-22-20(25)9-8-18-21(22)17(13-23-18)10-11-24(19)14-16-6-4-3-5-7-16/h3-9,12-13,19,23,25H,10-11,14H2,1-2H3. The summed E-state index contributed by atoms with van der Waals surface area (Å²) in [5, 5.41) is 11.9. The molecule has 0 aliphatic carbocycles. The van der Waals surface area contributed by atoms with Crippen molar-refractivity contribution < 1.29 is 5.11 Å². The van der Waals surface area contributed by atoms with Crippen LogP contribution in [-0.4, -0.2) is 21.5 Å². The van der Waals surface area contributed by atoms with Gasteiger partial charge in [0.1, 0.15) is 5.75 Å². The highest BCUT2D eigenvalue weighted by Gasteiger charge is 2.28. The van der Waals surface area contributed by atoms with Crippen molar-refractivity contribution in [1.82, 2.24) is 9.88 Å². The van der Waals surface area contributed by atoms with Gasteiger partial charge in [-0.25, -0.2) is 0 Å². The molecular formula is C22H24N2O. The maximum absolute atomic E-state index is 10.7. The molecule has 1 aliphatic heterocycles. The molecule has 1 atom stereocenters. The Kier molecular flexibility index (Phi) is 4.10. The summed E-state index contributed by atoms with van der Waals surface area (Å²) < 4.78 is 0. The van der Waals surface area contributed by atoms with E-state index >= 15 is 0 Å². The number of allylic oxidation sites excluding steroid dienone is 1. The summed E-state index contributed by atoms with van der Waals surface area (Å²) >= 11 is 0. The van der Waals surface area contributed by atoms with Crippen molar-refractivity contribution in [2.75, 3.05) is 6.54 Å². The molecule has 0 saturated heterocycles. The van der Waals surface area contributed by atoms with Gasteiger partial charge in [0, 0.05) is 35.8 Å². The molecule has 1 unspecified atom stereocenters. The number of hydrogen-bond donors (Lipinski definition) is 2. The van der Waals surface area contributed by atoms with E-state index in [1.54, 1.807) is 0 Å². The molecule has 25 heavy (non-hydrogen) atoms. The molecule has 0 radical (unpaired) electrons. The zero-order valence-electron chi connectivity index (χ0n) is 14.8. The highest BCUT2D eigenvalue weighted by molar-refractivity contribution is 5.89. The van der Waals surface area contributed by atoms with Gasteiger partial charge in [-0.1, -0.05) is 42.0 Å². The van der Waals surface area contributed by atoms with E-state index in [2.05, 4.69) is 66.3 Å². The number of aromatic hydroxyl groups is 1. The van der Waals surface area contributed by atoms with Crippen molar-refractivity contribution in [3.05, 3.63) is 77.0 Å². The van der Waals surface area contributed by atoms with Gasteiger partial charge in [0.05, 0.1) is 6.04 Å². The number of H-pyrrole nitrogens is 1. The van der Waals surface area contributed by atoms with Crippen LogP contribution in [0.2, 0.25) is 0 Å². The fraction of sp³-hybridized carbons (Fsp3) is 0.273. The van der Waals surface area contributed by atoms with Gasteiger partial charge >= 0.3 is 0 Å². The Labute approximate surface area is 148 Å². The van der Waals surface area contributed by atoms with E-state index in [1.165, 1.54) is 22.1 Å². The van der Waals surface area contributed by atoms with E-state index in [0.717, 1.165) is 30.6 Å². The summed E-state index contributed by atoms with van der Waals surface area (Å²) in [6, 6.07) is 14.4. The summed E-state index contributed by atoms with van der Waals surface area (Å²) in [4.78, 5) is 5.83. The molecule has 0 bridgehead atoms. The van der Waals surface area contributed by atoms with Gasteiger partial charge in [-0.05, 0) is 43.5 Å². The van der Waals surface area contributed by atoms with Crippen LogP contribution in [0.4, 0.5) is 0 Å². The van der Waals surface area contributed by atoms with Gasteiger partial charge < -0.3 is 10.1 Å². The lowest BCUT2D eigenvalue weighted by Gasteiger charge is -2.30. The molecule has 2 aromatic carbocycles. The Morgan fingerprint density at radius 1 is 1.20 bits per heavy atom. The van der Waals surface area contributed by atoms with E-state index < -0.39 is 0 Å². The molecule has 4 rings (SSSR count). The van der Waals surface area contributed by atoms with Crippen molar-refractivity contribution in [2.45, 2.75) is 32.9 Å². The van der Waals surface area contributed by atoms with Crippen LogP contribution in [0.15, 0.2) is 60.3 Å². The number of nitrogens with one attached hydrogen (secondary N) is 1. The second kappa shape index (κ2) is 6.41. The van der Waals surface area contributed by atoms with Gasteiger partial charge in [-0.15, -0.1) is 0 Å². The molecule has 0 amide bonds. The van der Waals surface area contributed by atoms with E-state index in [4.69, 9.17) is 0 Å². The zero-order valence-corrected chi connectivity index (χ0v) is 14.8. The van der Waals surface area contributed by atoms with E-state index in [-0.39, 0.29) is 6.04 Å². The number of benzene rings is 2. The Hall–Kier alpha value is -2.52. The van der Waals surface area contributed by atoms with Gasteiger partial charge in [0.25, 0.3) is 0 Å². The fourth-order valence-electron chi connectivity index (χ4n) is 3.89. The third kappa shape index (κ3) is 2.96. The molecule has 1 aliphatic rings.